The summed E-state index contributed by atoms with van der Waals surface area (Å²) >= 11 is 0. The number of nitrogens with zero attached hydrogens (tertiary/aromatic N) is 1. The topological polar surface area (TPSA) is 24.4 Å². The number of hydrogen-bond donors (Lipinski definition) is 1. The Bertz CT molecular complexity index is 190. The maximum Gasteiger partial charge on any atom is 0.0668 e. The van der Waals surface area contributed by atoms with Gasteiger partial charge in [0, 0.05) is 7.05 Å². The standard InChI is InChI=1S/C9H16N2/c1-6-9(11-10-5)8(4)7(2)3/h10H,2,4,6H2,1,3,5H3/b11-9-. The lowest BCUT2D eigenvalue weighted by atomic mass is 10.0. The third-order valence-corrected chi connectivity index (χ3v) is 1.45. The van der Waals surface area contributed by atoms with Gasteiger partial charge in [0.25, 0.3) is 0 Å². The zero-order chi connectivity index (χ0) is 8.85. The third kappa shape index (κ3) is 3.03. The van der Waals surface area contributed by atoms with E-state index in [2.05, 4.69) is 23.7 Å². The summed E-state index contributed by atoms with van der Waals surface area (Å²) in [6.07, 6.45) is 0.881. The SMILES string of the molecule is C=C(C)C(=C)/C(CC)=N\NC. The number of nitrogens with one attached hydrogen (secondary N) is 1. The predicted molar refractivity (Wildman–Crippen MR) is 50.7 cm³/mol. The average Bonchev–Trinajstić information content (AvgIpc) is 1.98. The van der Waals surface area contributed by atoms with Crippen molar-refractivity contribution >= 4 is 5.71 Å². The summed E-state index contributed by atoms with van der Waals surface area (Å²) < 4.78 is 0. The molecule has 0 rings (SSSR count). The molecule has 1 N–H and O–H groups in total. The fourth-order valence-electron chi connectivity index (χ4n) is 0.741. The van der Waals surface area contributed by atoms with Crippen LogP contribution in [0.2, 0.25) is 0 Å². The Morgan fingerprint density at radius 2 is 2.00 bits per heavy atom. The second-order valence-electron chi connectivity index (χ2n) is 2.39. The summed E-state index contributed by atoms with van der Waals surface area (Å²) in [6, 6.07) is 0. The molecule has 2 nitrogen and oxygen atoms in total. The third-order valence-electron chi connectivity index (χ3n) is 1.45. The van der Waals surface area contributed by atoms with Crippen molar-refractivity contribution < 1.29 is 0 Å². The van der Waals surface area contributed by atoms with E-state index in [0.717, 1.165) is 23.3 Å². The van der Waals surface area contributed by atoms with Gasteiger partial charge in [-0.25, -0.2) is 0 Å². The van der Waals surface area contributed by atoms with Crippen LogP contribution < -0.4 is 5.43 Å². The highest BCUT2D eigenvalue weighted by molar-refractivity contribution is 6.02. The van der Waals surface area contributed by atoms with E-state index < -0.39 is 0 Å². The zero-order valence-electron chi connectivity index (χ0n) is 7.57. The Morgan fingerprint density at radius 3 is 2.27 bits per heavy atom. The first kappa shape index (κ1) is 9.95. The summed E-state index contributed by atoms with van der Waals surface area (Å²) in [5.41, 5.74) is 5.62. The largest absolute Gasteiger partial charge is 0.313 e. The van der Waals surface area contributed by atoms with E-state index in [0.29, 0.717) is 0 Å². The van der Waals surface area contributed by atoms with Crippen LogP contribution in [0.5, 0.6) is 0 Å². The molecule has 0 saturated carbocycles. The Hall–Kier alpha value is -1.05. The lowest BCUT2D eigenvalue weighted by Crippen LogP contribution is -2.07. The van der Waals surface area contributed by atoms with Gasteiger partial charge in [-0.2, -0.15) is 5.10 Å². The van der Waals surface area contributed by atoms with Gasteiger partial charge in [0.15, 0.2) is 0 Å². The minimum atomic E-state index is 0.881. The monoisotopic (exact) mass is 152 g/mol. The normalized spacial score (nSPS) is 11.0. The van der Waals surface area contributed by atoms with Gasteiger partial charge < -0.3 is 5.43 Å². The van der Waals surface area contributed by atoms with Crippen LogP contribution in [0.4, 0.5) is 0 Å². The highest BCUT2D eigenvalue weighted by atomic mass is 15.3. The second kappa shape index (κ2) is 4.72. The Balaban J connectivity index is 4.39. The lowest BCUT2D eigenvalue weighted by molar-refractivity contribution is 0.892. The van der Waals surface area contributed by atoms with Crippen molar-refractivity contribution in [2.75, 3.05) is 7.05 Å². The van der Waals surface area contributed by atoms with Gasteiger partial charge in [-0.05, 0) is 24.5 Å². The van der Waals surface area contributed by atoms with Crippen molar-refractivity contribution in [3.63, 3.8) is 0 Å². The Kier molecular flexibility index (Phi) is 4.27. The quantitative estimate of drug-likeness (QED) is 0.372. The van der Waals surface area contributed by atoms with Crippen LogP contribution in [0.25, 0.3) is 0 Å². The molecule has 62 valence electrons. The first-order valence-electron chi connectivity index (χ1n) is 3.71. The van der Waals surface area contributed by atoms with Gasteiger partial charge in [-0.3, -0.25) is 0 Å². The van der Waals surface area contributed by atoms with Crippen LogP contribution in [0.3, 0.4) is 0 Å². The molecule has 0 unspecified atom stereocenters. The number of hydrogen-bond acceptors (Lipinski definition) is 2. The fraction of sp³-hybridized carbons (Fsp3) is 0.444. The van der Waals surface area contributed by atoms with Gasteiger partial charge in [0.1, 0.15) is 0 Å². The smallest absolute Gasteiger partial charge is 0.0668 e. The minimum absolute atomic E-state index is 0.881. The van der Waals surface area contributed by atoms with Crippen LogP contribution in [-0.2, 0) is 0 Å². The van der Waals surface area contributed by atoms with Crippen LogP contribution >= 0.6 is 0 Å². The first-order valence-corrected chi connectivity index (χ1v) is 3.71. The fourth-order valence-corrected chi connectivity index (χ4v) is 0.741. The van der Waals surface area contributed by atoms with Gasteiger partial charge in [0.2, 0.25) is 0 Å². The van der Waals surface area contributed by atoms with Crippen LogP contribution in [0.15, 0.2) is 29.4 Å². The molecule has 0 bridgehead atoms. The van der Waals surface area contributed by atoms with E-state index in [-0.39, 0.29) is 0 Å². The molecular weight excluding hydrogens is 136 g/mol. The molecule has 0 aromatic heterocycles. The van der Waals surface area contributed by atoms with Gasteiger partial charge in [-0.1, -0.05) is 20.1 Å². The van der Waals surface area contributed by atoms with Crippen LogP contribution in [-0.4, -0.2) is 12.8 Å². The maximum atomic E-state index is 4.07. The van der Waals surface area contributed by atoms with E-state index in [1.165, 1.54) is 0 Å². The van der Waals surface area contributed by atoms with Crippen molar-refractivity contribution in [3.8, 4) is 0 Å². The molecule has 0 amide bonds. The van der Waals surface area contributed by atoms with E-state index in [9.17, 15) is 0 Å². The maximum absolute atomic E-state index is 4.07. The van der Waals surface area contributed by atoms with Crippen LogP contribution in [0, 0.1) is 0 Å². The zero-order valence-corrected chi connectivity index (χ0v) is 7.57. The molecule has 0 atom stereocenters. The first-order chi connectivity index (χ1) is 5.13. The predicted octanol–water partition coefficient (Wildman–Crippen LogP) is 2.10. The van der Waals surface area contributed by atoms with Crippen molar-refractivity contribution in [2.24, 2.45) is 5.10 Å². The molecule has 0 aromatic rings. The molecule has 0 aliphatic rings. The van der Waals surface area contributed by atoms with E-state index in [1.807, 2.05) is 13.8 Å². The summed E-state index contributed by atoms with van der Waals surface area (Å²) in [6.45, 7) is 11.7. The van der Waals surface area contributed by atoms with Crippen LogP contribution in [0.1, 0.15) is 20.3 Å². The van der Waals surface area contributed by atoms with Crippen molar-refractivity contribution in [3.05, 3.63) is 24.3 Å². The van der Waals surface area contributed by atoms with Gasteiger partial charge >= 0.3 is 0 Å². The van der Waals surface area contributed by atoms with Gasteiger partial charge in [-0.15, -0.1) is 0 Å². The molecule has 0 aromatic carbocycles. The second-order valence-corrected chi connectivity index (χ2v) is 2.39. The van der Waals surface area contributed by atoms with Crippen molar-refractivity contribution in [1.29, 1.82) is 0 Å². The van der Waals surface area contributed by atoms with Gasteiger partial charge in [0.05, 0.1) is 5.71 Å². The molecule has 2 heteroatoms. The summed E-state index contributed by atoms with van der Waals surface area (Å²) in [5, 5.41) is 4.07. The molecule has 0 radical (unpaired) electrons. The molecule has 0 aliphatic heterocycles. The Morgan fingerprint density at radius 1 is 1.45 bits per heavy atom. The summed E-state index contributed by atoms with van der Waals surface area (Å²) in [4.78, 5) is 0. The number of rotatable bonds is 4. The Labute approximate surface area is 68.7 Å². The minimum Gasteiger partial charge on any atom is -0.313 e. The van der Waals surface area contributed by atoms with E-state index >= 15 is 0 Å². The molecular formula is C9H16N2. The number of hydrazone groups is 1. The van der Waals surface area contributed by atoms with Crippen molar-refractivity contribution in [2.45, 2.75) is 20.3 Å². The van der Waals surface area contributed by atoms with E-state index in [4.69, 9.17) is 0 Å². The highest BCUT2D eigenvalue weighted by Gasteiger charge is 2.01. The summed E-state index contributed by atoms with van der Waals surface area (Å²) in [7, 11) is 1.78. The molecule has 0 heterocycles. The number of allylic oxidation sites excluding steroid dienone is 2. The highest BCUT2D eigenvalue weighted by Crippen LogP contribution is 2.07. The van der Waals surface area contributed by atoms with Crippen molar-refractivity contribution in [1.82, 2.24) is 5.43 Å². The summed E-state index contributed by atoms with van der Waals surface area (Å²) in [5.74, 6) is 0. The molecule has 0 aliphatic carbocycles. The molecule has 0 spiro atoms. The molecule has 11 heavy (non-hydrogen) atoms. The average molecular weight is 152 g/mol. The molecule has 0 fully saturated rings. The van der Waals surface area contributed by atoms with E-state index in [1.54, 1.807) is 7.05 Å². The molecule has 0 saturated heterocycles. The lowest BCUT2D eigenvalue weighted by Gasteiger charge is -2.05.